The molecule has 0 spiro atoms. The molecule has 1 aromatic heterocycles. The fourth-order valence-electron chi connectivity index (χ4n) is 2.12. The fourth-order valence-corrected chi connectivity index (χ4v) is 2.12. The van der Waals surface area contributed by atoms with E-state index in [0.717, 1.165) is 37.3 Å². The average molecular weight is 220 g/mol. The van der Waals surface area contributed by atoms with E-state index in [2.05, 4.69) is 35.9 Å². The first-order valence-electron chi connectivity index (χ1n) is 6.06. The van der Waals surface area contributed by atoms with Crippen LogP contribution in [0.3, 0.4) is 0 Å². The Morgan fingerprint density at radius 1 is 1.44 bits per heavy atom. The lowest BCUT2D eigenvalue weighted by Crippen LogP contribution is -2.38. The van der Waals surface area contributed by atoms with Crippen LogP contribution in [-0.4, -0.2) is 29.3 Å². The van der Waals surface area contributed by atoms with Gasteiger partial charge in [-0.3, -0.25) is 4.98 Å². The van der Waals surface area contributed by atoms with E-state index in [1.165, 1.54) is 0 Å². The first kappa shape index (κ1) is 11.4. The summed E-state index contributed by atoms with van der Waals surface area (Å²) in [5.74, 6) is 0.473. The minimum absolute atomic E-state index is 0.182. The normalized spacial score (nSPS) is 21.5. The highest BCUT2D eigenvalue weighted by atomic mass is 16.3. The lowest BCUT2D eigenvalue weighted by Gasteiger charge is -2.31. The van der Waals surface area contributed by atoms with Crippen LogP contribution >= 0.6 is 0 Å². The molecule has 0 bridgehead atoms. The zero-order chi connectivity index (χ0) is 11.5. The standard InChI is InChI=1S/C13H20N2O/c1-10(2)13-6-5-11(8-14-13)15-7-3-4-12(16)9-15/h5-6,8,10,12,16H,3-4,7,9H2,1-2H3/t12-/m1/s1. The zero-order valence-electron chi connectivity index (χ0n) is 10.1. The van der Waals surface area contributed by atoms with Crippen LogP contribution in [0.25, 0.3) is 0 Å². The van der Waals surface area contributed by atoms with Gasteiger partial charge in [-0.2, -0.15) is 0 Å². The number of hydrogen-bond acceptors (Lipinski definition) is 3. The average Bonchev–Trinajstić information content (AvgIpc) is 2.29. The first-order valence-corrected chi connectivity index (χ1v) is 6.06. The summed E-state index contributed by atoms with van der Waals surface area (Å²) in [5, 5.41) is 9.62. The molecule has 1 atom stereocenters. The summed E-state index contributed by atoms with van der Waals surface area (Å²) in [6, 6.07) is 4.20. The summed E-state index contributed by atoms with van der Waals surface area (Å²) in [4.78, 5) is 6.67. The Morgan fingerprint density at radius 2 is 2.25 bits per heavy atom. The molecule has 3 heteroatoms. The molecule has 0 aromatic carbocycles. The van der Waals surface area contributed by atoms with Gasteiger partial charge >= 0.3 is 0 Å². The van der Waals surface area contributed by atoms with Gasteiger partial charge in [0, 0.05) is 18.8 Å². The summed E-state index contributed by atoms with van der Waals surface area (Å²) in [7, 11) is 0. The molecule has 0 saturated carbocycles. The summed E-state index contributed by atoms with van der Waals surface area (Å²) >= 11 is 0. The number of piperidine rings is 1. The molecular formula is C13H20N2O. The number of nitrogens with zero attached hydrogens (tertiary/aromatic N) is 2. The van der Waals surface area contributed by atoms with Gasteiger partial charge in [0.05, 0.1) is 18.0 Å². The molecule has 0 amide bonds. The van der Waals surface area contributed by atoms with E-state index < -0.39 is 0 Å². The molecule has 1 aliphatic rings. The van der Waals surface area contributed by atoms with Gasteiger partial charge in [-0.05, 0) is 30.9 Å². The topological polar surface area (TPSA) is 36.4 Å². The molecule has 1 aromatic rings. The van der Waals surface area contributed by atoms with Crippen molar-refractivity contribution in [1.29, 1.82) is 0 Å². The van der Waals surface area contributed by atoms with Gasteiger partial charge in [-0.1, -0.05) is 13.8 Å². The molecule has 1 saturated heterocycles. The fraction of sp³-hybridized carbons (Fsp3) is 0.615. The summed E-state index contributed by atoms with van der Waals surface area (Å²) in [5.41, 5.74) is 2.25. The van der Waals surface area contributed by atoms with Gasteiger partial charge in [0.15, 0.2) is 0 Å². The van der Waals surface area contributed by atoms with Crippen molar-refractivity contribution < 1.29 is 5.11 Å². The Kier molecular flexibility index (Phi) is 3.44. The molecule has 2 heterocycles. The molecular weight excluding hydrogens is 200 g/mol. The molecule has 2 rings (SSSR count). The van der Waals surface area contributed by atoms with E-state index in [4.69, 9.17) is 0 Å². The van der Waals surface area contributed by atoms with Crippen LogP contribution in [0.5, 0.6) is 0 Å². The van der Waals surface area contributed by atoms with Gasteiger partial charge < -0.3 is 10.0 Å². The predicted octanol–water partition coefficient (Wildman–Crippen LogP) is 2.17. The molecule has 1 aliphatic heterocycles. The van der Waals surface area contributed by atoms with Crippen LogP contribution in [0.2, 0.25) is 0 Å². The second-order valence-corrected chi connectivity index (χ2v) is 4.84. The molecule has 88 valence electrons. The quantitative estimate of drug-likeness (QED) is 0.829. The van der Waals surface area contributed by atoms with E-state index in [-0.39, 0.29) is 6.10 Å². The predicted molar refractivity (Wildman–Crippen MR) is 65.8 cm³/mol. The van der Waals surface area contributed by atoms with Crippen LogP contribution in [0, 0.1) is 0 Å². The highest BCUT2D eigenvalue weighted by Gasteiger charge is 2.18. The van der Waals surface area contributed by atoms with Gasteiger partial charge in [0.2, 0.25) is 0 Å². The third kappa shape index (κ3) is 2.53. The van der Waals surface area contributed by atoms with Crippen molar-refractivity contribution in [3.63, 3.8) is 0 Å². The summed E-state index contributed by atoms with van der Waals surface area (Å²) in [6.07, 6.45) is 3.73. The Bertz CT molecular complexity index is 334. The maximum Gasteiger partial charge on any atom is 0.0715 e. The number of anilines is 1. The Hall–Kier alpha value is -1.09. The SMILES string of the molecule is CC(C)c1ccc(N2CCC[C@@H](O)C2)cn1. The maximum absolute atomic E-state index is 9.62. The lowest BCUT2D eigenvalue weighted by molar-refractivity contribution is 0.154. The minimum Gasteiger partial charge on any atom is -0.391 e. The van der Waals surface area contributed by atoms with Crippen molar-refractivity contribution in [2.24, 2.45) is 0 Å². The second-order valence-electron chi connectivity index (χ2n) is 4.84. The van der Waals surface area contributed by atoms with Crippen molar-refractivity contribution in [3.8, 4) is 0 Å². The van der Waals surface area contributed by atoms with Crippen molar-refractivity contribution in [1.82, 2.24) is 4.98 Å². The summed E-state index contributed by atoms with van der Waals surface area (Å²) in [6.45, 7) is 6.06. The van der Waals surface area contributed by atoms with E-state index in [1.807, 2.05) is 6.20 Å². The van der Waals surface area contributed by atoms with Gasteiger partial charge in [-0.15, -0.1) is 0 Å². The number of aromatic nitrogens is 1. The molecule has 0 radical (unpaired) electrons. The van der Waals surface area contributed by atoms with Crippen molar-refractivity contribution in [2.75, 3.05) is 18.0 Å². The lowest BCUT2D eigenvalue weighted by atomic mass is 10.1. The van der Waals surface area contributed by atoms with E-state index in [9.17, 15) is 5.11 Å². The third-order valence-electron chi connectivity index (χ3n) is 3.12. The zero-order valence-corrected chi connectivity index (χ0v) is 10.1. The van der Waals surface area contributed by atoms with E-state index >= 15 is 0 Å². The number of aliphatic hydroxyl groups excluding tert-OH is 1. The first-order chi connectivity index (χ1) is 7.66. The second kappa shape index (κ2) is 4.83. The van der Waals surface area contributed by atoms with Crippen molar-refractivity contribution in [3.05, 3.63) is 24.0 Å². The minimum atomic E-state index is -0.182. The van der Waals surface area contributed by atoms with Crippen molar-refractivity contribution >= 4 is 5.69 Å². The van der Waals surface area contributed by atoms with Gasteiger partial charge in [-0.25, -0.2) is 0 Å². The third-order valence-corrected chi connectivity index (χ3v) is 3.12. The number of rotatable bonds is 2. The Labute approximate surface area is 97.1 Å². The Balaban J connectivity index is 2.09. The highest BCUT2D eigenvalue weighted by Crippen LogP contribution is 2.21. The molecule has 3 nitrogen and oxygen atoms in total. The van der Waals surface area contributed by atoms with Gasteiger partial charge in [0.1, 0.15) is 0 Å². The van der Waals surface area contributed by atoms with Crippen LogP contribution in [0.1, 0.15) is 38.3 Å². The van der Waals surface area contributed by atoms with Crippen LogP contribution in [-0.2, 0) is 0 Å². The van der Waals surface area contributed by atoms with E-state index in [0.29, 0.717) is 5.92 Å². The highest BCUT2D eigenvalue weighted by molar-refractivity contribution is 5.45. The number of aliphatic hydroxyl groups is 1. The molecule has 16 heavy (non-hydrogen) atoms. The smallest absolute Gasteiger partial charge is 0.0715 e. The molecule has 0 aliphatic carbocycles. The van der Waals surface area contributed by atoms with E-state index in [1.54, 1.807) is 0 Å². The largest absolute Gasteiger partial charge is 0.391 e. The molecule has 1 fully saturated rings. The number of hydrogen-bond donors (Lipinski definition) is 1. The van der Waals surface area contributed by atoms with Crippen LogP contribution in [0.4, 0.5) is 5.69 Å². The van der Waals surface area contributed by atoms with Crippen LogP contribution in [0.15, 0.2) is 18.3 Å². The van der Waals surface area contributed by atoms with Crippen LogP contribution < -0.4 is 4.90 Å². The monoisotopic (exact) mass is 220 g/mol. The Morgan fingerprint density at radius 3 is 2.81 bits per heavy atom. The maximum atomic E-state index is 9.62. The van der Waals surface area contributed by atoms with Crippen molar-refractivity contribution in [2.45, 2.75) is 38.7 Å². The molecule has 1 N–H and O–H groups in total. The summed E-state index contributed by atoms with van der Waals surface area (Å²) < 4.78 is 0. The number of β-amino-alcohol motifs (C(OH)–C–C–N with tert-alkyl or cyclic N) is 1. The number of pyridine rings is 1. The van der Waals surface area contributed by atoms with Gasteiger partial charge in [0.25, 0.3) is 0 Å². The molecule has 0 unspecified atom stereocenters.